The van der Waals surface area contributed by atoms with Crippen LogP contribution in [0.4, 0.5) is 0 Å². The lowest BCUT2D eigenvalue weighted by molar-refractivity contribution is -0.116. The van der Waals surface area contributed by atoms with E-state index in [9.17, 15) is 13.2 Å². The van der Waals surface area contributed by atoms with Gasteiger partial charge < -0.3 is 0 Å². The molecule has 4 nitrogen and oxygen atoms in total. The van der Waals surface area contributed by atoms with Gasteiger partial charge in [0, 0.05) is 16.9 Å². The first-order valence-corrected chi connectivity index (χ1v) is 11.1. The number of ketones is 1. The molecule has 0 aromatic heterocycles. The summed E-state index contributed by atoms with van der Waals surface area (Å²) in [6, 6.07) is 6.60. The molecule has 0 aliphatic carbocycles. The number of rotatable bonds is 8. The van der Waals surface area contributed by atoms with Gasteiger partial charge in [-0.2, -0.15) is 8.42 Å². The highest BCUT2D eigenvalue weighted by atomic mass is 32.3. The number of hydrogen-bond donors (Lipinski definition) is 0. The Labute approximate surface area is 142 Å². The highest BCUT2D eigenvalue weighted by Gasteiger charge is 2.39. The number of Topliss-reactive ketones (excluding diaryl/α,β-unsaturated/α-hetero) is 1. The van der Waals surface area contributed by atoms with Gasteiger partial charge in [-0.25, -0.2) is 3.63 Å². The summed E-state index contributed by atoms with van der Waals surface area (Å²) in [4.78, 5) is 12.2. The average Bonchev–Trinajstić information content (AvgIpc) is 2.46. The first kappa shape index (κ1) is 20.2. The standard InChI is InChI=1S/C17H28O4S2/c1-7-16(18)12-22(13(2)3,14(4)5)21-23(19,20)17-10-8-15(6)9-11-17/h8-11,13-14H,7,12H2,1-6H3. The number of hydrogen-bond acceptors (Lipinski definition) is 4. The van der Waals surface area contributed by atoms with E-state index in [0.717, 1.165) is 5.56 Å². The third kappa shape index (κ3) is 4.81. The fraction of sp³-hybridized carbons (Fsp3) is 0.588. The van der Waals surface area contributed by atoms with E-state index < -0.39 is 20.4 Å². The summed E-state index contributed by atoms with van der Waals surface area (Å²) in [5.41, 5.74) is 0.983. The lowest BCUT2D eigenvalue weighted by Crippen LogP contribution is -2.31. The normalized spacial score (nSPS) is 13.6. The molecule has 0 heterocycles. The van der Waals surface area contributed by atoms with Gasteiger partial charge in [0.05, 0.1) is 10.6 Å². The van der Waals surface area contributed by atoms with E-state index in [0.29, 0.717) is 6.42 Å². The number of carbonyl (C=O) groups is 1. The van der Waals surface area contributed by atoms with Gasteiger partial charge in [0.15, 0.2) is 0 Å². The maximum absolute atomic E-state index is 12.7. The Morgan fingerprint density at radius 1 is 1.04 bits per heavy atom. The van der Waals surface area contributed by atoms with Crippen LogP contribution in [-0.2, 0) is 18.5 Å². The molecule has 0 spiro atoms. The Hall–Kier alpha value is -0.850. The minimum absolute atomic E-state index is 0.0294. The first-order valence-electron chi connectivity index (χ1n) is 7.88. The molecule has 0 atom stereocenters. The molecule has 0 fully saturated rings. The van der Waals surface area contributed by atoms with Crippen LogP contribution in [-0.4, -0.2) is 30.5 Å². The summed E-state index contributed by atoms with van der Waals surface area (Å²) in [5, 5.41) is -0.0588. The Morgan fingerprint density at radius 3 is 1.91 bits per heavy atom. The Balaban J connectivity index is 3.27. The molecule has 0 saturated carbocycles. The molecule has 1 aromatic carbocycles. The van der Waals surface area contributed by atoms with E-state index in [-0.39, 0.29) is 26.9 Å². The molecule has 23 heavy (non-hydrogen) atoms. The predicted molar refractivity (Wildman–Crippen MR) is 97.5 cm³/mol. The fourth-order valence-electron chi connectivity index (χ4n) is 2.32. The third-order valence-corrected chi connectivity index (χ3v) is 10.4. The van der Waals surface area contributed by atoms with E-state index in [2.05, 4.69) is 0 Å². The summed E-state index contributed by atoms with van der Waals surface area (Å²) in [6.45, 7) is 11.4. The van der Waals surface area contributed by atoms with Gasteiger partial charge >= 0.3 is 10.1 Å². The summed E-state index contributed by atoms with van der Waals surface area (Å²) >= 11 is 0. The molecule has 0 bridgehead atoms. The van der Waals surface area contributed by atoms with E-state index in [1.807, 2.05) is 34.6 Å². The second-order valence-electron chi connectivity index (χ2n) is 6.25. The maximum Gasteiger partial charge on any atom is 0.306 e. The lowest BCUT2D eigenvalue weighted by atomic mass is 10.2. The number of benzene rings is 1. The van der Waals surface area contributed by atoms with Gasteiger partial charge in [0.2, 0.25) is 0 Å². The molecule has 0 saturated heterocycles. The van der Waals surface area contributed by atoms with Crippen LogP contribution in [0.3, 0.4) is 0 Å². The largest absolute Gasteiger partial charge is 0.306 e. The zero-order chi connectivity index (χ0) is 17.8. The van der Waals surface area contributed by atoms with Crippen LogP contribution >= 0.6 is 10.3 Å². The SMILES string of the molecule is CCC(=O)CS(OS(=O)(=O)c1ccc(C)cc1)(C(C)C)C(C)C. The molecule has 132 valence electrons. The van der Waals surface area contributed by atoms with Crippen molar-refractivity contribution in [3.05, 3.63) is 29.8 Å². The summed E-state index contributed by atoms with van der Waals surface area (Å²) < 4.78 is 31.2. The van der Waals surface area contributed by atoms with Crippen molar-refractivity contribution in [2.75, 3.05) is 5.75 Å². The van der Waals surface area contributed by atoms with Gasteiger partial charge in [0.1, 0.15) is 5.78 Å². The van der Waals surface area contributed by atoms with Gasteiger partial charge in [0.25, 0.3) is 0 Å². The zero-order valence-corrected chi connectivity index (χ0v) is 16.5. The van der Waals surface area contributed by atoms with Crippen molar-refractivity contribution in [1.82, 2.24) is 0 Å². The van der Waals surface area contributed by atoms with E-state index >= 15 is 0 Å². The summed E-state index contributed by atoms with van der Waals surface area (Å²) in [7, 11) is -5.99. The lowest BCUT2D eigenvalue weighted by Gasteiger charge is -2.45. The van der Waals surface area contributed by atoms with E-state index in [1.54, 1.807) is 31.2 Å². The van der Waals surface area contributed by atoms with Crippen LogP contribution in [0.2, 0.25) is 0 Å². The van der Waals surface area contributed by atoms with Crippen LogP contribution in [0.25, 0.3) is 0 Å². The van der Waals surface area contributed by atoms with Crippen molar-refractivity contribution in [2.24, 2.45) is 0 Å². The Kier molecular flexibility index (Phi) is 6.86. The van der Waals surface area contributed by atoms with Crippen molar-refractivity contribution >= 4 is 26.2 Å². The zero-order valence-electron chi connectivity index (χ0n) is 14.8. The molecular weight excluding hydrogens is 332 g/mol. The molecule has 6 heteroatoms. The highest BCUT2D eigenvalue weighted by Crippen LogP contribution is 2.59. The second-order valence-corrected chi connectivity index (χ2v) is 11.9. The van der Waals surface area contributed by atoms with Crippen LogP contribution in [0.15, 0.2) is 29.2 Å². The average molecular weight is 361 g/mol. The van der Waals surface area contributed by atoms with E-state index in [1.165, 1.54) is 0 Å². The molecule has 0 radical (unpaired) electrons. The molecule has 0 aliphatic heterocycles. The van der Waals surface area contributed by atoms with Crippen molar-refractivity contribution in [3.63, 3.8) is 0 Å². The van der Waals surface area contributed by atoms with Gasteiger partial charge in [-0.1, -0.05) is 52.3 Å². The van der Waals surface area contributed by atoms with Crippen LogP contribution < -0.4 is 0 Å². The Morgan fingerprint density at radius 2 is 1.52 bits per heavy atom. The maximum atomic E-state index is 12.7. The van der Waals surface area contributed by atoms with Crippen molar-refractivity contribution in [1.29, 1.82) is 0 Å². The van der Waals surface area contributed by atoms with Crippen molar-refractivity contribution in [2.45, 2.75) is 63.4 Å². The molecule has 1 rings (SSSR count). The summed E-state index contributed by atoms with van der Waals surface area (Å²) in [6.07, 6.45) is 0.391. The number of aryl methyl sites for hydroxylation is 1. The molecule has 1 aromatic rings. The fourth-order valence-corrected chi connectivity index (χ4v) is 8.35. The second kappa shape index (κ2) is 7.81. The van der Waals surface area contributed by atoms with Crippen molar-refractivity contribution in [3.8, 4) is 0 Å². The molecule has 0 unspecified atom stereocenters. The first-order chi connectivity index (χ1) is 10.5. The highest BCUT2D eigenvalue weighted by molar-refractivity contribution is 8.34. The Bertz CT molecular complexity index is 623. The molecule has 0 aliphatic rings. The monoisotopic (exact) mass is 360 g/mol. The van der Waals surface area contributed by atoms with Gasteiger partial charge in [-0.15, -0.1) is 10.3 Å². The molecule has 0 N–H and O–H groups in total. The van der Waals surface area contributed by atoms with E-state index in [4.69, 9.17) is 3.63 Å². The minimum Gasteiger partial charge on any atom is -0.299 e. The van der Waals surface area contributed by atoms with Crippen molar-refractivity contribution < 1.29 is 16.8 Å². The van der Waals surface area contributed by atoms with Gasteiger partial charge in [-0.05, 0) is 19.1 Å². The van der Waals surface area contributed by atoms with Crippen LogP contribution in [0, 0.1) is 6.92 Å². The third-order valence-electron chi connectivity index (χ3n) is 3.90. The minimum atomic E-state index is -3.89. The van der Waals surface area contributed by atoms with Crippen LogP contribution in [0.5, 0.6) is 0 Å². The summed E-state index contributed by atoms with van der Waals surface area (Å²) in [5.74, 6) is 0.228. The smallest absolute Gasteiger partial charge is 0.299 e. The topological polar surface area (TPSA) is 60.4 Å². The van der Waals surface area contributed by atoms with Gasteiger partial charge in [-0.3, -0.25) is 4.79 Å². The van der Waals surface area contributed by atoms with Crippen LogP contribution in [0.1, 0.15) is 46.6 Å². The predicted octanol–water partition coefficient (Wildman–Crippen LogP) is 4.22. The molecular formula is C17H28O4S2. The molecule has 0 amide bonds. The quantitative estimate of drug-likeness (QED) is 0.696. The number of carbonyl (C=O) groups excluding carboxylic acids is 1.